The fourth-order valence-electron chi connectivity index (χ4n) is 2.54. The van der Waals surface area contributed by atoms with Gasteiger partial charge in [0.25, 0.3) is 0 Å². The Hall–Kier alpha value is -3.79. The van der Waals surface area contributed by atoms with Gasteiger partial charge in [0.2, 0.25) is 5.95 Å². The number of aromatic nitrogens is 2. The molecule has 0 spiro atoms. The molecule has 0 bridgehead atoms. The number of hydrogen-bond acceptors (Lipinski definition) is 7. The van der Waals surface area contributed by atoms with Crippen molar-refractivity contribution in [1.29, 1.82) is 5.26 Å². The Morgan fingerprint density at radius 3 is 2.50 bits per heavy atom. The number of nitrogen functional groups attached to an aromatic ring is 2. The van der Waals surface area contributed by atoms with E-state index >= 15 is 0 Å². The van der Waals surface area contributed by atoms with E-state index in [-0.39, 0.29) is 17.3 Å². The highest BCUT2D eigenvalue weighted by Gasteiger charge is 2.20. The first-order chi connectivity index (χ1) is 12.6. The van der Waals surface area contributed by atoms with Crippen LogP contribution in [-0.4, -0.2) is 17.1 Å². The molecule has 1 aromatic heterocycles. The summed E-state index contributed by atoms with van der Waals surface area (Å²) in [6.45, 7) is 0.326. The third kappa shape index (κ3) is 3.35. The van der Waals surface area contributed by atoms with Crippen molar-refractivity contribution in [2.75, 3.05) is 18.6 Å². The van der Waals surface area contributed by atoms with Crippen LogP contribution >= 0.6 is 0 Å². The average molecular weight is 347 g/mol. The molecule has 0 aliphatic rings. The van der Waals surface area contributed by atoms with Gasteiger partial charge in [-0.15, -0.1) is 0 Å². The van der Waals surface area contributed by atoms with Gasteiger partial charge in [0, 0.05) is 5.56 Å². The molecule has 26 heavy (non-hydrogen) atoms. The Bertz CT molecular complexity index is 968. The second kappa shape index (κ2) is 7.40. The van der Waals surface area contributed by atoms with Gasteiger partial charge in [-0.05, 0) is 17.7 Å². The molecule has 7 nitrogen and oxygen atoms in total. The topological polar surface area (TPSA) is 120 Å². The summed E-state index contributed by atoms with van der Waals surface area (Å²) < 4.78 is 11.4. The number of nitriles is 1. The van der Waals surface area contributed by atoms with Crippen LogP contribution in [0.1, 0.15) is 11.1 Å². The van der Waals surface area contributed by atoms with E-state index in [1.807, 2.05) is 36.4 Å². The number of anilines is 2. The lowest BCUT2D eigenvalue weighted by Gasteiger charge is -2.16. The fourth-order valence-corrected chi connectivity index (χ4v) is 2.54. The van der Waals surface area contributed by atoms with Gasteiger partial charge in [0.15, 0.2) is 11.5 Å². The van der Waals surface area contributed by atoms with Crippen LogP contribution in [0.3, 0.4) is 0 Å². The minimum Gasteiger partial charge on any atom is -0.493 e. The number of rotatable bonds is 5. The molecule has 0 saturated carbocycles. The predicted molar refractivity (Wildman–Crippen MR) is 98.3 cm³/mol. The molecule has 0 unspecified atom stereocenters. The Morgan fingerprint density at radius 2 is 1.81 bits per heavy atom. The first kappa shape index (κ1) is 17.0. The molecule has 0 fully saturated rings. The summed E-state index contributed by atoms with van der Waals surface area (Å²) in [5.41, 5.74) is 13.5. The van der Waals surface area contributed by atoms with Crippen molar-refractivity contribution in [1.82, 2.24) is 9.97 Å². The normalized spacial score (nSPS) is 10.2. The number of para-hydroxylation sites is 1. The summed E-state index contributed by atoms with van der Waals surface area (Å²) in [4.78, 5) is 8.04. The van der Waals surface area contributed by atoms with Gasteiger partial charge >= 0.3 is 0 Å². The fraction of sp³-hybridized carbons (Fsp3) is 0.105. The molecule has 2 aromatic carbocycles. The van der Waals surface area contributed by atoms with Gasteiger partial charge < -0.3 is 20.9 Å². The van der Waals surface area contributed by atoms with Gasteiger partial charge in [-0.3, -0.25) is 0 Å². The summed E-state index contributed by atoms with van der Waals surface area (Å²) in [5, 5.41) is 9.45. The van der Waals surface area contributed by atoms with Crippen LogP contribution in [0.4, 0.5) is 11.8 Å². The molecular formula is C19H17N5O2. The largest absolute Gasteiger partial charge is 0.493 e. The maximum atomic E-state index is 9.45. The van der Waals surface area contributed by atoms with Crippen molar-refractivity contribution in [2.45, 2.75) is 6.61 Å². The Balaban J connectivity index is 2.10. The highest BCUT2D eigenvalue weighted by molar-refractivity contribution is 5.79. The Morgan fingerprint density at radius 1 is 1.04 bits per heavy atom. The van der Waals surface area contributed by atoms with Crippen LogP contribution in [0, 0.1) is 11.3 Å². The zero-order valence-corrected chi connectivity index (χ0v) is 14.1. The van der Waals surface area contributed by atoms with Gasteiger partial charge in [0.05, 0.1) is 12.8 Å². The number of methoxy groups -OCH3 is 1. The summed E-state index contributed by atoms with van der Waals surface area (Å²) in [6.07, 6.45) is 0. The molecule has 7 heteroatoms. The lowest BCUT2D eigenvalue weighted by Crippen LogP contribution is -2.06. The van der Waals surface area contributed by atoms with Crippen molar-refractivity contribution in [3.63, 3.8) is 0 Å². The molecular weight excluding hydrogens is 330 g/mol. The monoisotopic (exact) mass is 347 g/mol. The van der Waals surface area contributed by atoms with Gasteiger partial charge in [0.1, 0.15) is 24.1 Å². The smallest absolute Gasteiger partial charge is 0.222 e. The maximum Gasteiger partial charge on any atom is 0.222 e. The molecule has 130 valence electrons. The van der Waals surface area contributed by atoms with Gasteiger partial charge in [-0.1, -0.05) is 36.4 Å². The average Bonchev–Trinajstić information content (AvgIpc) is 2.66. The predicted octanol–water partition coefficient (Wildman–Crippen LogP) is 2.77. The van der Waals surface area contributed by atoms with E-state index in [2.05, 4.69) is 9.97 Å². The third-order valence-corrected chi connectivity index (χ3v) is 3.75. The summed E-state index contributed by atoms with van der Waals surface area (Å²) in [5.74, 6) is 0.964. The number of nitrogens with zero attached hydrogens (tertiary/aromatic N) is 3. The third-order valence-electron chi connectivity index (χ3n) is 3.75. The van der Waals surface area contributed by atoms with Crippen molar-refractivity contribution in [2.24, 2.45) is 0 Å². The standard InChI is InChI=1S/C19H17N5O2/c1-25-15-9-5-8-13(16-14(10-20)18(21)24-19(22)23-16)17(15)26-11-12-6-3-2-4-7-12/h2-9H,11H2,1H3,(H4,21,22,23,24). The molecule has 0 atom stereocenters. The molecule has 3 rings (SSSR count). The molecule has 0 radical (unpaired) electrons. The van der Waals surface area contributed by atoms with Gasteiger partial charge in [-0.25, -0.2) is 4.98 Å². The van der Waals surface area contributed by atoms with E-state index in [4.69, 9.17) is 20.9 Å². The van der Waals surface area contributed by atoms with E-state index in [1.54, 1.807) is 25.3 Å². The van der Waals surface area contributed by atoms with Crippen LogP contribution in [0.2, 0.25) is 0 Å². The summed E-state index contributed by atoms with van der Waals surface area (Å²) in [6, 6.07) is 17.0. The van der Waals surface area contributed by atoms with Crippen LogP contribution in [0.5, 0.6) is 11.5 Å². The highest BCUT2D eigenvalue weighted by atomic mass is 16.5. The summed E-state index contributed by atoms with van der Waals surface area (Å²) in [7, 11) is 1.54. The molecule has 0 saturated heterocycles. The minimum absolute atomic E-state index is 0.0201. The second-order valence-electron chi connectivity index (χ2n) is 5.41. The van der Waals surface area contributed by atoms with E-state index in [1.165, 1.54) is 0 Å². The number of benzene rings is 2. The number of hydrogen-bond donors (Lipinski definition) is 2. The van der Waals surface area contributed by atoms with E-state index < -0.39 is 0 Å². The zero-order valence-electron chi connectivity index (χ0n) is 14.1. The van der Waals surface area contributed by atoms with Crippen LogP contribution in [0.15, 0.2) is 48.5 Å². The van der Waals surface area contributed by atoms with Gasteiger partial charge in [-0.2, -0.15) is 10.2 Å². The van der Waals surface area contributed by atoms with Crippen molar-refractivity contribution >= 4 is 11.8 Å². The lowest BCUT2D eigenvalue weighted by molar-refractivity contribution is 0.286. The van der Waals surface area contributed by atoms with Crippen LogP contribution in [-0.2, 0) is 6.61 Å². The van der Waals surface area contributed by atoms with Crippen molar-refractivity contribution in [3.8, 4) is 28.8 Å². The van der Waals surface area contributed by atoms with Crippen LogP contribution in [0.25, 0.3) is 11.3 Å². The maximum absolute atomic E-state index is 9.45. The van der Waals surface area contributed by atoms with E-state index in [0.29, 0.717) is 29.4 Å². The molecule has 0 aliphatic carbocycles. The second-order valence-corrected chi connectivity index (χ2v) is 5.41. The quantitative estimate of drug-likeness (QED) is 0.728. The Labute approximate surface area is 150 Å². The first-order valence-electron chi connectivity index (χ1n) is 7.81. The molecule has 4 N–H and O–H groups in total. The van der Waals surface area contributed by atoms with Crippen LogP contribution < -0.4 is 20.9 Å². The molecule has 1 heterocycles. The Kier molecular flexibility index (Phi) is 4.85. The number of ether oxygens (including phenoxy) is 2. The van der Waals surface area contributed by atoms with Crippen molar-refractivity contribution in [3.05, 3.63) is 59.7 Å². The molecule has 0 aliphatic heterocycles. The first-order valence-corrected chi connectivity index (χ1v) is 7.81. The van der Waals surface area contributed by atoms with E-state index in [9.17, 15) is 5.26 Å². The SMILES string of the molecule is COc1cccc(-c2nc(N)nc(N)c2C#N)c1OCc1ccccc1. The van der Waals surface area contributed by atoms with Crippen molar-refractivity contribution < 1.29 is 9.47 Å². The number of nitrogens with two attached hydrogens (primary N) is 2. The molecule has 3 aromatic rings. The summed E-state index contributed by atoms with van der Waals surface area (Å²) >= 11 is 0. The highest BCUT2D eigenvalue weighted by Crippen LogP contribution is 2.39. The molecule has 0 amide bonds. The van der Waals surface area contributed by atoms with E-state index in [0.717, 1.165) is 5.56 Å². The lowest BCUT2D eigenvalue weighted by atomic mass is 10.1. The zero-order chi connectivity index (χ0) is 18.5. The minimum atomic E-state index is -0.0201.